The largest absolute Gasteiger partial charge is 0.350 e. The summed E-state index contributed by atoms with van der Waals surface area (Å²) in [4.78, 5) is 15.6. The average Bonchev–Trinajstić information content (AvgIpc) is 2.69. The zero-order valence-corrected chi connectivity index (χ0v) is 8.89. The summed E-state index contributed by atoms with van der Waals surface area (Å²) in [5.74, 6) is -0.0421. The number of amides is 1. The first-order valence-electron chi connectivity index (χ1n) is 5.19. The summed E-state index contributed by atoms with van der Waals surface area (Å²) < 4.78 is 1.92. The summed E-state index contributed by atoms with van der Waals surface area (Å²) >= 11 is 0. The summed E-state index contributed by atoms with van der Waals surface area (Å²) in [6.07, 6.45) is 4.18. The van der Waals surface area contributed by atoms with E-state index in [1.807, 2.05) is 35.0 Å². The van der Waals surface area contributed by atoms with Gasteiger partial charge in [0.15, 0.2) is 0 Å². The Balaban J connectivity index is 2.02. The van der Waals surface area contributed by atoms with E-state index in [0.29, 0.717) is 19.5 Å². The van der Waals surface area contributed by atoms with Gasteiger partial charge in [0, 0.05) is 25.4 Å². The van der Waals surface area contributed by atoms with E-state index in [4.69, 9.17) is 5.73 Å². The fourth-order valence-electron chi connectivity index (χ4n) is 1.48. The van der Waals surface area contributed by atoms with Crippen molar-refractivity contribution in [2.24, 2.45) is 5.73 Å². The normalized spacial score (nSPS) is 10.6. The van der Waals surface area contributed by atoms with Gasteiger partial charge in [0.2, 0.25) is 5.91 Å². The number of fused-ring (bicyclic) bond motifs is 1. The van der Waals surface area contributed by atoms with Crippen molar-refractivity contribution in [3.05, 3.63) is 36.3 Å². The third-order valence-corrected chi connectivity index (χ3v) is 2.25. The van der Waals surface area contributed by atoms with Gasteiger partial charge in [-0.05, 0) is 12.1 Å². The Bertz CT molecular complexity index is 458. The lowest BCUT2D eigenvalue weighted by Crippen LogP contribution is -2.25. The molecule has 0 radical (unpaired) electrons. The predicted molar refractivity (Wildman–Crippen MR) is 60.7 cm³/mol. The number of rotatable bonds is 4. The van der Waals surface area contributed by atoms with Gasteiger partial charge in [-0.15, -0.1) is 0 Å². The Hall–Kier alpha value is -1.88. The van der Waals surface area contributed by atoms with E-state index < -0.39 is 0 Å². The van der Waals surface area contributed by atoms with E-state index in [0.717, 1.165) is 11.3 Å². The maximum Gasteiger partial charge on any atom is 0.221 e. The number of aromatic nitrogens is 2. The Labute approximate surface area is 93.3 Å². The van der Waals surface area contributed by atoms with E-state index >= 15 is 0 Å². The van der Waals surface area contributed by atoms with E-state index in [2.05, 4.69) is 10.3 Å². The zero-order chi connectivity index (χ0) is 11.4. The monoisotopic (exact) mass is 218 g/mol. The quantitative estimate of drug-likeness (QED) is 0.775. The summed E-state index contributed by atoms with van der Waals surface area (Å²) in [5, 5.41) is 2.77. The second kappa shape index (κ2) is 4.76. The SMILES string of the molecule is NCCC(=O)NCc1cn2ccccc2n1. The number of imidazole rings is 1. The molecule has 5 heteroatoms. The Kier molecular flexibility index (Phi) is 3.16. The molecule has 0 bridgehead atoms. The molecule has 0 spiro atoms. The van der Waals surface area contributed by atoms with Gasteiger partial charge >= 0.3 is 0 Å². The molecular formula is C11H14N4O. The molecular weight excluding hydrogens is 204 g/mol. The molecule has 0 aromatic carbocycles. The number of hydrogen-bond donors (Lipinski definition) is 2. The second-order valence-corrected chi connectivity index (χ2v) is 3.51. The Morgan fingerprint density at radius 3 is 3.12 bits per heavy atom. The van der Waals surface area contributed by atoms with Gasteiger partial charge in [-0.1, -0.05) is 6.07 Å². The van der Waals surface area contributed by atoms with E-state index in [1.165, 1.54) is 0 Å². The lowest BCUT2D eigenvalue weighted by atomic mass is 10.4. The fourth-order valence-corrected chi connectivity index (χ4v) is 1.48. The molecule has 3 N–H and O–H groups in total. The van der Waals surface area contributed by atoms with Crippen molar-refractivity contribution >= 4 is 11.6 Å². The molecule has 2 aromatic heterocycles. The van der Waals surface area contributed by atoms with Crippen LogP contribution in [0.4, 0.5) is 0 Å². The van der Waals surface area contributed by atoms with Crippen molar-refractivity contribution in [1.82, 2.24) is 14.7 Å². The van der Waals surface area contributed by atoms with Gasteiger partial charge in [0.05, 0.1) is 12.2 Å². The van der Waals surface area contributed by atoms with Gasteiger partial charge in [0.1, 0.15) is 5.65 Å². The van der Waals surface area contributed by atoms with Crippen LogP contribution in [0.3, 0.4) is 0 Å². The zero-order valence-electron chi connectivity index (χ0n) is 8.89. The van der Waals surface area contributed by atoms with Gasteiger partial charge in [-0.25, -0.2) is 4.98 Å². The molecule has 16 heavy (non-hydrogen) atoms. The van der Waals surface area contributed by atoms with Crippen molar-refractivity contribution in [1.29, 1.82) is 0 Å². The van der Waals surface area contributed by atoms with Gasteiger partial charge < -0.3 is 15.5 Å². The molecule has 5 nitrogen and oxygen atoms in total. The maximum atomic E-state index is 11.2. The van der Waals surface area contributed by atoms with E-state index in [9.17, 15) is 4.79 Å². The summed E-state index contributed by atoms with van der Waals surface area (Å²) in [7, 11) is 0. The highest BCUT2D eigenvalue weighted by Crippen LogP contribution is 2.03. The fraction of sp³-hybridized carbons (Fsp3) is 0.273. The van der Waals surface area contributed by atoms with Crippen LogP contribution in [0.1, 0.15) is 12.1 Å². The van der Waals surface area contributed by atoms with Gasteiger partial charge in [-0.2, -0.15) is 0 Å². The van der Waals surface area contributed by atoms with Crippen LogP contribution in [-0.4, -0.2) is 21.8 Å². The number of nitrogens with one attached hydrogen (secondary N) is 1. The van der Waals surface area contributed by atoms with Gasteiger partial charge in [-0.3, -0.25) is 4.79 Å². The number of hydrogen-bond acceptors (Lipinski definition) is 3. The molecule has 0 atom stereocenters. The third-order valence-electron chi connectivity index (χ3n) is 2.25. The smallest absolute Gasteiger partial charge is 0.221 e. The van der Waals surface area contributed by atoms with Crippen LogP contribution in [0.5, 0.6) is 0 Å². The predicted octanol–water partition coefficient (Wildman–Crippen LogP) is 0.299. The van der Waals surface area contributed by atoms with Crippen LogP contribution in [-0.2, 0) is 11.3 Å². The third kappa shape index (κ3) is 2.38. The second-order valence-electron chi connectivity index (χ2n) is 3.51. The molecule has 2 aromatic rings. The van der Waals surface area contributed by atoms with Crippen molar-refractivity contribution in [2.75, 3.05) is 6.54 Å². The molecule has 84 valence electrons. The summed E-state index contributed by atoms with van der Waals surface area (Å²) in [6, 6.07) is 5.79. The first kappa shape index (κ1) is 10.6. The van der Waals surface area contributed by atoms with Crippen molar-refractivity contribution in [2.45, 2.75) is 13.0 Å². The Morgan fingerprint density at radius 1 is 1.50 bits per heavy atom. The maximum absolute atomic E-state index is 11.2. The van der Waals surface area contributed by atoms with Crippen LogP contribution in [0, 0.1) is 0 Å². The first-order chi connectivity index (χ1) is 7.79. The highest BCUT2D eigenvalue weighted by atomic mass is 16.1. The average molecular weight is 218 g/mol. The van der Waals surface area contributed by atoms with Crippen LogP contribution in [0.2, 0.25) is 0 Å². The molecule has 2 heterocycles. The van der Waals surface area contributed by atoms with Crippen molar-refractivity contribution in [3.8, 4) is 0 Å². The number of carbonyl (C=O) groups is 1. The van der Waals surface area contributed by atoms with Crippen LogP contribution in [0.25, 0.3) is 5.65 Å². The lowest BCUT2D eigenvalue weighted by molar-refractivity contribution is -0.121. The topological polar surface area (TPSA) is 72.4 Å². The van der Waals surface area contributed by atoms with E-state index in [1.54, 1.807) is 0 Å². The number of nitrogens with zero attached hydrogens (tertiary/aromatic N) is 2. The summed E-state index contributed by atoms with van der Waals surface area (Å²) in [5.41, 5.74) is 7.00. The minimum absolute atomic E-state index is 0.0421. The number of carbonyl (C=O) groups excluding carboxylic acids is 1. The highest BCUT2D eigenvalue weighted by molar-refractivity contribution is 5.75. The number of pyridine rings is 1. The van der Waals surface area contributed by atoms with Crippen molar-refractivity contribution in [3.63, 3.8) is 0 Å². The molecule has 2 rings (SSSR count). The van der Waals surface area contributed by atoms with E-state index in [-0.39, 0.29) is 5.91 Å². The molecule has 0 aliphatic carbocycles. The lowest BCUT2D eigenvalue weighted by Gasteiger charge is -2.00. The molecule has 0 aliphatic rings. The molecule has 0 unspecified atom stereocenters. The number of nitrogens with two attached hydrogens (primary N) is 1. The highest BCUT2D eigenvalue weighted by Gasteiger charge is 2.03. The molecule has 0 fully saturated rings. The first-order valence-corrected chi connectivity index (χ1v) is 5.19. The minimum atomic E-state index is -0.0421. The molecule has 0 saturated carbocycles. The summed E-state index contributed by atoms with van der Waals surface area (Å²) in [6.45, 7) is 0.817. The molecule has 0 saturated heterocycles. The Morgan fingerprint density at radius 2 is 2.38 bits per heavy atom. The minimum Gasteiger partial charge on any atom is -0.350 e. The van der Waals surface area contributed by atoms with Gasteiger partial charge in [0.25, 0.3) is 0 Å². The van der Waals surface area contributed by atoms with Crippen LogP contribution >= 0.6 is 0 Å². The standard InChI is InChI=1S/C11H14N4O/c12-5-4-11(16)13-7-9-8-15-6-2-1-3-10(15)14-9/h1-3,6,8H,4-5,7,12H2,(H,13,16). The van der Waals surface area contributed by atoms with Crippen LogP contribution < -0.4 is 11.1 Å². The molecule has 1 amide bonds. The molecule has 0 aliphatic heterocycles. The van der Waals surface area contributed by atoms with Crippen molar-refractivity contribution < 1.29 is 4.79 Å². The van der Waals surface area contributed by atoms with Crippen LogP contribution in [0.15, 0.2) is 30.6 Å².